The number of anilines is 1. The number of nitrogens with zero attached hydrogens (tertiary/aromatic N) is 5. The average Bonchev–Trinajstić information content (AvgIpc) is 3.29. The molecule has 1 aromatic carbocycles. The predicted octanol–water partition coefficient (Wildman–Crippen LogP) is 4.50. The first-order valence-corrected chi connectivity index (χ1v) is 12.3. The second kappa shape index (κ2) is 10.1. The lowest BCUT2D eigenvalue weighted by atomic mass is 9.97. The maximum absolute atomic E-state index is 13.0. The lowest BCUT2D eigenvalue weighted by Gasteiger charge is -2.32. The summed E-state index contributed by atoms with van der Waals surface area (Å²) in [6.07, 6.45) is 5.39. The number of hydrogen-bond donors (Lipinski definition) is 1. The Morgan fingerprint density at radius 3 is 2.71 bits per heavy atom. The molecule has 1 fully saturated rings. The highest BCUT2D eigenvalue weighted by molar-refractivity contribution is 7.15. The van der Waals surface area contributed by atoms with E-state index in [1.807, 2.05) is 67.7 Å². The van der Waals surface area contributed by atoms with Crippen molar-refractivity contribution in [3.63, 3.8) is 0 Å². The number of rotatable bonds is 6. The molecule has 0 radical (unpaired) electrons. The van der Waals surface area contributed by atoms with Crippen LogP contribution in [0.5, 0.6) is 0 Å². The van der Waals surface area contributed by atoms with E-state index < -0.39 is 0 Å². The second-order valence-corrected chi connectivity index (χ2v) is 9.50. The summed E-state index contributed by atoms with van der Waals surface area (Å²) in [5.74, 6) is 0.821. The molecule has 1 aliphatic rings. The van der Waals surface area contributed by atoms with Crippen molar-refractivity contribution < 1.29 is 4.79 Å². The van der Waals surface area contributed by atoms with Crippen molar-refractivity contribution in [2.75, 3.05) is 18.0 Å². The van der Waals surface area contributed by atoms with E-state index in [0.717, 1.165) is 57.6 Å². The van der Waals surface area contributed by atoms with Crippen molar-refractivity contribution in [3.8, 4) is 21.8 Å². The van der Waals surface area contributed by atoms with Crippen LogP contribution in [0.1, 0.15) is 23.4 Å². The zero-order valence-electron chi connectivity index (χ0n) is 19.0. The molecule has 1 N–H and O–H groups in total. The number of nitrogens with one attached hydrogen (secondary N) is 1. The van der Waals surface area contributed by atoms with Gasteiger partial charge in [-0.2, -0.15) is 0 Å². The molecule has 34 heavy (non-hydrogen) atoms. The number of aryl methyl sites for hydroxylation is 1. The van der Waals surface area contributed by atoms with Gasteiger partial charge in [-0.1, -0.05) is 30.3 Å². The van der Waals surface area contributed by atoms with Crippen molar-refractivity contribution in [2.24, 2.45) is 5.92 Å². The summed E-state index contributed by atoms with van der Waals surface area (Å²) in [5.41, 5.74) is 3.84. The number of piperidine rings is 1. The third kappa shape index (κ3) is 4.97. The number of amides is 1. The van der Waals surface area contributed by atoms with E-state index in [1.165, 1.54) is 0 Å². The van der Waals surface area contributed by atoms with E-state index in [4.69, 9.17) is 0 Å². The maximum Gasteiger partial charge on any atom is 0.225 e. The standard InChI is InChI=1S/C26H26N6OS/c1-18-23(34-26(29-18)20-9-5-13-27-15-20)16-28-25(33)21-10-6-14-32(17-21)24-12-11-22(30-31-24)19-7-3-2-4-8-19/h2-5,7-9,11-13,15,21H,6,10,14,16-17H2,1H3,(H,28,33). The van der Waals surface area contributed by atoms with Crippen LogP contribution in [0.4, 0.5) is 5.82 Å². The number of pyridine rings is 1. The van der Waals surface area contributed by atoms with Crippen molar-refractivity contribution in [3.05, 3.63) is 77.6 Å². The highest BCUT2D eigenvalue weighted by Gasteiger charge is 2.27. The summed E-state index contributed by atoms with van der Waals surface area (Å²) < 4.78 is 0. The number of thiazole rings is 1. The van der Waals surface area contributed by atoms with Gasteiger partial charge in [-0.05, 0) is 44.0 Å². The molecule has 1 unspecified atom stereocenters. The quantitative estimate of drug-likeness (QED) is 0.447. The summed E-state index contributed by atoms with van der Waals surface area (Å²) in [6.45, 7) is 4.00. The predicted molar refractivity (Wildman–Crippen MR) is 134 cm³/mol. The van der Waals surface area contributed by atoms with Crippen LogP contribution >= 0.6 is 11.3 Å². The molecule has 0 bridgehead atoms. The first-order chi connectivity index (χ1) is 16.7. The molecule has 0 spiro atoms. The molecule has 0 aliphatic carbocycles. The number of aromatic nitrogens is 4. The normalized spacial score (nSPS) is 15.8. The van der Waals surface area contributed by atoms with Crippen molar-refractivity contribution in [1.29, 1.82) is 0 Å². The Kier molecular flexibility index (Phi) is 6.58. The average molecular weight is 471 g/mol. The number of carbonyl (C=O) groups is 1. The van der Waals surface area contributed by atoms with Gasteiger partial charge in [-0.25, -0.2) is 4.98 Å². The minimum atomic E-state index is -0.0737. The van der Waals surface area contributed by atoms with Crippen molar-refractivity contribution in [2.45, 2.75) is 26.3 Å². The van der Waals surface area contributed by atoms with E-state index in [9.17, 15) is 4.79 Å². The molecule has 1 atom stereocenters. The summed E-state index contributed by atoms with van der Waals surface area (Å²) in [5, 5.41) is 12.9. The van der Waals surface area contributed by atoms with E-state index in [0.29, 0.717) is 13.1 Å². The molecule has 3 aromatic heterocycles. The van der Waals surface area contributed by atoms with Gasteiger partial charge >= 0.3 is 0 Å². The largest absolute Gasteiger partial charge is 0.354 e. The van der Waals surface area contributed by atoms with Crippen molar-refractivity contribution in [1.82, 2.24) is 25.5 Å². The van der Waals surface area contributed by atoms with Crippen LogP contribution in [0, 0.1) is 12.8 Å². The topological polar surface area (TPSA) is 83.9 Å². The third-order valence-corrected chi connectivity index (χ3v) is 7.27. The molecule has 1 amide bonds. The molecule has 0 saturated carbocycles. The van der Waals surface area contributed by atoms with Gasteiger partial charge in [0.25, 0.3) is 0 Å². The van der Waals surface area contributed by atoms with Gasteiger partial charge in [-0.15, -0.1) is 21.5 Å². The summed E-state index contributed by atoms with van der Waals surface area (Å²) >= 11 is 1.60. The van der Waals surface area contributed by atoms with E-state index >= 15 is 0 Å². The van der Waals surface area contributed by atoms with Crippen LogP contribution in [0.25, 0.3) is 21.8 Å². The molecule has 172 valence electrons. The summed E-state index contributed by atoms with van der Waals surface area (Å²) in [6, 6.07) is 17.9. The first kappa shape index (κ1) is 22.2. The Labute approximate surface area is 202 Å². The van der Waals surface area contributed by atoms with Gasteiger partial charge in [-0.3, -0.25) is 9.78 Å². The summed E-state index contributed by atoms with van der Waals surface area (Å²) in [4.78, 5) is 25.0. The number of hydrogen-bond acceptors (Lipinski definition) is 7. The van der Waals surface area contributed by atoms with Crippen LogP contribution < -0.4 is 10.2 Å². The molecule has 4 aromatic rings. The molecule has 1 saturated heterocycles. The van der Waals surface area contributed by atoms with Crippen LogP contribution in [-0.4, -0.2) is 39.2 Å². The Morgan fingerprint density at radius 2 is 1.94 bits per heavy atom. The van der Waals surface area contributed by atoms with Crippen LogP contribution in [0.15, 0.2) is 67.0 Å². The van der Waals surface area contributed by atoms with Gasteiger partial charge in [0, 0.05) is 41.5 Å². The fourth-order valence-corrected chi connectivity index (χ4v) is 5.16. The van der Waals surface area contributed by atoms with Gasteiger partial charge in [0.1, 0.15) is 5.01 Å². The Bertz CT molecular complexity index is 1240. The van der Waals surface area contributed by atoms with E-state index in [1.54, 1.807) is 17.5 Å². The summed E-state index contributed by atoms with van der Waals surface area (Å²) in [7, 11) is 0. The lowest BCUT2D eigenvalue weighted by molar-refractivity contribution is -0.125. The maximum atomic E-state index is 13.0. The van der Waals surface area contributed by atoms with Gasteiger partial charge < -0.3 is 10.2 Å². The smallest absolute Gasteiger partial charge is 0.225 e. The van der Waals surface area contributed by atoms with Crippen molar-refractivity contribution >= 4 is 23.1 Å². The minimum absolute atomic E-state index is 0.0737. The molecular weight excluding hydrogens is 444 g/mol. The zero-order valence-corrected chi connectivity index (χ0v) is 19.8. The monoisotopic (exact) mass is 470 g/mol. The highest BCUT2D eigenvalue weighted by atomic mass is 32.1. The molecule has 7 nitrogen and oxygen atoms in total. The number of benzene rings is 1. The first-order valence-electron chi connectivity index (χ1n) is 11.5. The minimum Gasteiger partial charge on any atom is -0.354 e. The third-order valence-electron chi connectivity index (χ3n) is 6.06. The Hall–Kier alpha value is -3.65. The fourth-order valence-electron chi connectivity index (χ4n) is 4.17. The lowest BCUT2D eigenvalue weighted by Crippen LogP contribution is -2.43. The fraction of sp³-hybridized carbons (Fsp3) is 0.269. The van der Waals surface area contributed by atoms with E-state index in [-0.39, 0.29) is 11.8 Å². The SMILES string of the molecule is Cc1nc(-c2cccnc2)sc1CNC(=O)C1CCCN(c2ccc(-c3ccccc3)nn2)C1. The highest BCUT2D eigenvalue weighted by Crippen LogP contribution is 2.28. The Balaban J connectivity index is 1.20. The van der Waals surface area contributed by atoms with Gasteiger partial charge in [0.05, 0.1) is 23.9 Å². The van der Waals surface area contributed by atoms with E-state index in [2.05, 4.69) is 30.4 Å². The zero-order chi connectivity index (χ0) is 23.3. The molecule has 1 aliphatic heterocycles. The molecule has 4 heterocycles. The number of carbonyl (C=O) groups excluding carboxylic acids is 1. The molecule has 5 rings (SSSR count). The van der Waals surface area contributed by atoms with Crippen LogP contribution in [0.3, 0.4) is 0 Å². The van der Waals surface area contributed by atoms with Gasteiger partial charge in [0.2, 0.25) is 5.91 Å². The second-order valence-electron chi connectivity index (χ2n) is 8.42. The Morgan fingerprint density at radius 1 is 1.09 bits per heavy atom. The van der Waals surface area contributed by atoms with Gasteiger partial charge in [0.15, 0.2) is 5.82 Å². The molecular formula is C26H26N6OS. The van der Waals surface area contributed by atoms with Crippen LogP contribution in [-0.2, 0) is 11.3 Å². The molecule has 8 heteroatoms. The van der Waals surface area contributed by atoms with Crippen LogP contribution in [0.2, 0.25) is 0 Å².